The summed E-state index contributed by atoms with van der Waals surface area (Å²) in [5.41, 5.74) is 0.924. The molecular formula is C15H19NO4. The van der Waals surface area contributed by atoms with Gasteiger partial charge in [-0.15, -0.1) is 0 Å². The van der Waals surface area contributed by atoms with Crippen molar-refractivity contribution in [3.05, 3.63) is 35.9 Å². The molecule has 5 nitrogen and oxygen atoms in total. The number of hydrogen-bond donors (Lipinski definition) is 0. The van der Waals surface area contributed by atoms with E-state index in [0.29, 0.717) is 6.54 Å². The Kier molecular flexibility index (Phi) is 6.43. The van der Waals surface area contributed by atoms with Crippen LogP contribution in [0.2, 0.25) is 0 Å². The normalized spacial score (nSPS) is 9.90. The summed E-state index contributed by atoms with van der Waals surface area (Å²) >= 11 is 0. The molecule has 20 heavy (non-hydrogen) atoms. The average Bonchev–Trinajstić information content (AvgIpc) is 2.44. The van der Waals surface area contributed by atoms with E-state index in [1.807, 2.05) is 30.3 Å². The zero-order chi connectivity index (χ0) is 15.0. The quantitative estimate of drug-likeness (QED) is 0.709. The molecule has 108 valence electrons. The van der Waals surface area contributed by atoms with Crippen molar-refractivity contribution in [3.8, 4) is 0 Å². The van der Waals surface area contributed by atoms with Crippen molar-refractivity contribution in [2.24, 2.45) is 0 Å². The maximum atomic E-state index is 12.1. The number of esters is 1. The number of carbonyl (C=O) groups excluding carboxylic acids is 3. The third kappa shape index (κ3) is 5.65. The van der Waals surface area contributed by atoms with Gasteiger partial charge in [0, 0.05) is 19.4 Å². The van der Waals surface area contributed by atoms with Crippen LogP contribution in [0.4, 0.5) is 0 Å². The van der Waals surface area contributed by atoms with Gasteiger partial charge >= 0.3 is 5.97 Å². The highest BCUT2D eigenvalue weighted by molar-refractivity contribution is 5.86. The number of nitrogens with zero attached hydrogens (tertiary/aromatic N) is 1. The minimum Gasteiger partial charge on any atom is -0.468 e. The largest absolute Gasteiger partial charge is 0.468 e. The highest BCUT2D eigenvalue weighted by Gasteiger charge is 2.18. The lowest BCUT2D eigenvalue weighted by Crippen LogP contribution is -2.35. The van der Waals surface area contributed by atoms with Crippen LogP contribution in [0.25, 0.3) is 0 Å². The Morgan fingerprint density at radius 2 is 1.75 bits per heavy atom. The second-order valence-electron chi connectivity index (χ2n) is 4.51. The highest BCUT2D eigenvalue weighted by Crippen LogP contribution is 2.07. The summed E-state index contributed by atoms with van der Waals surface area (Å²) in [4.78, 5) is 35.8. The number of hydrogen-bond acceptors (Lipinski definition) is 4. The molecule has 0 unspecified atom stereocenters. The second kappa shape index (κ2) is 8.09. The van der Waals surface area contributed by atoms with Gasteiger partial charge in [0.25, 0.3) is 0 Å². The number of rotatable bonds is 7. The van der Waals surface area contributed by atoms with Gasteiger partial charge in [-0.1, -0.05) is 30.3 Å². The first kappa shape index (κ1) is 15.9. The number of ketones is 1. The van der Waals surface area contributed by atoms with Gasteiger partial charge in [-0.05, 0) is 12.5 Å². The van der Waals surface area contributed by atoms with Crippen LogP contribution < -0.4 is 0 Å². The summed E-state index contributed by atoms with van der Waals surface area (Å²) in [6.07, 6.45) is 0.296. The molecule has 0 N–H and O–H groups in total. The van der Waals surface area contributed by atoms with Gasteiger partial charge < -0.3 is 14.4 Å². The van der Waals surface area contributed by atoms with Crippen molar-refractivity contribution < 1.29 is 19.1 Å². The molecule has 0 aromatic heterocycles. The smallest absolute Gasteiger partial charge is 0.325 e. The van der Waals surface area contributed by atoms with E-state index in [9.17, 15) is 14.4 Å². The maximum absolute atomic E-state index is 12.1. The monoisotopic (exact) mass is 277 g/mol. The summed E-state index contributed by atoms with van der Waals surface area (Å²) in [6.45, 7) is 1.66. The van der Waals surface area contributed by atoms with Gasteiger partial charge in [0.05, 0.1) is 7.11 Å². The van der Waals surface area contributed by atoms with Crippen molar-refractivity contribution in [1.82, 2.24) is 4.90 Å². The molecule has 0 bridgehead atoms. The zero-order valence-electron chi connectivity index (χ0n) is 11.8. The van der Waals surface area contributed by atoms with E-state index in [4.69, 9.17) is 0 Å². The van der Waals surface area contributed by atoms with Crippen molar-refractivity contribution in [3.63, 3.8) is 0 Å². The number of methoxy groups -OCH3 is 1. The van der Waals surface area contributed by atoms with Crippen LogP contribution in [0.1, 0.15) is 25.3 Å². The van der Waals surface area contributed by atoms with E-state index in [-0.39, 0.29) is 31.1 Å². The summed E-state index contributed by atoms with van der Waals surface area (Å²) in [5, 5.41) is 0. The van der Waals surface area contributed by atoms with Crippen molar-refractivity contribution in [2.45, 2.75) is 26.3 Å². The van der Waals surface area contributed by atoms with E-state index in [2.05, 4.69) is 4.74 Å². The third-order valence-electron chi connectivity index (χ3n) is 2.81. The summed E-state index contributed by atoms with van der Waals surface area (Å²) < 4.78 is 4.59. The lowest BCUT2D eigenvalue weighted by molar-refractivity contribution is -0.147. The average molecular weight is 277 g/mol. The molecule has 0 aliphatic heterocycles. The highest BCUT2D eigenvalue weighted by atomic mass is 16.5. The molecule has 0 fully saturated rings. The maximum Gasteiger partial charge on any atom is 0.325 e. The number of amides is 1. The van der Waals surface area contributed by atoms with Crippen molar-refractivity contribution >= 4 is 17.7 Å². The predicted octanol–water partition coefficient (Wildman–Crippen LogP) is 1.56. The minimum atomic E-state index is -0.475. The van der Waals surface area contributed by atoms with Gasteiger partial charge in [0.2, 0.25) is 5.91 Å². The Balaban J connectivity index is 2.71. The van der Waals surface area contributed by atoms with Crippen LogP contribution in [0.5, 0.6) is 0 Å². The molecule has 0 spiro atoms. The Hall–Kier alpha value is -2.17. The lowest BCUT2D eigenvalue weighted by atomic mass is 10.2. The fourth-order valence-corrected chi connectivity index (χ4v) is 1.70. The van der Waals surface area contributed by atoms with E-state index < -0.39 is 5.97 Å². The van der Waals surface area contributed by atoms with Crippen LogP contribution >= 0.6 is 0 Å². The fourth-order valence-electron chi connectivity index (χ4n) is 1.70. The van der Waals surface area contributed by atoms with Crippen LogP contribution in [-0.4, -0.2) is 36.2 Å². The lowest BCUT2D eigenvalue weighted by Gasteiger charge is -2.21. The molecule has 0 aliphatic carbocycles. The first-order chi connectivity index (χ1) is 9.52. The van der Waals surface area contributed by atoms with Gasteiger partial charge in [-0.2, -0.15) is 0 Å². The molecule has 1 aromatic carbocycles. The first-order valence-corrected chi connectivity index (χ1v) is 6.41. The Morgan fingerprint density at radius 1 is 1.10 bits per heavy atom. The van der Waals surface area contributed by atoms with Gasteiger partial charge in [0.15, 0.2) is 0 Å². The van der Waals surface area contributed by atoms with E-state index in [1.165, 1.54) is 18.9 Å². The molecule has 1 rings (SSSR count). The molecular weight excluding hydrogens is 258 g/mol. The number of ether oxygens (including phenoxy) is 1. The number of Topliss-reactive ketones (excluding diaryl/α,β-unsaturated/α-hetero) is 1. The first-order valence-electron chi connectivity index (χ1n) is 6.41. The Bertz CT molecular complexity index is 470. The SMILES string of the molecule is COC(=O)CN(Cc1ccccc1)C(=O)CCC(C)=O. The Morgan fingerprint density at radius 3 is 2.30 bits per heavy atom. The topological polar surface area (TPSA) is 63.7 Å². The molecule has 0 saturated heterocycles. The third-order valence-corrected chi connectivity index (χ3v) is 2.81. The molecule has 0 heterocycles. The van der Waals surface area contributed by atoms with Gasteiger partial charge in [0.1, 0.15) is 12.3 Å². The Labute approximate surface area is 118 Å². The molecule has 0 radical (unpaired) electrons. The van der Waals surface area contributed by atoms with E-state index in [1.54, 1.807) is 0 Å². The molecule has 0 aliphatic rings. The number of benzene rings is 1. The summed E-state index contributed by atoms with van der Waals surface area (Å²) in [6, 6.07) is 9.37. The van der Waals surface area contributed by atoms with Crippen molar-refractivity contribution in [2.75, 3.05) is 13.7 Å². The molecule has 1 aromatic rings. The fraction of sp³-hybridized carbons (Fsp3) is 0.400. The molecule has 0 saturated carbocycles. The van der Waals surface area contributed by atoms with Crippen molar-refractivity contribution in [1.29, 1.82) is 0 Å². The van der Waals surface area contributed by atoms with Crippen LogP contribution in [0, 0.1) is 0 Å². The van der Waals surface area contributed by atoms with Crippen LogP contribution in [0.15, 0.2) is 30.3 Å². The molecule has 1 amide bonds. The van der Waals surface area contributed by atoms with Crippen LogP contribution in [-0.2, 0) is 25.7 Å². The van der Waals surface area contributed by atoms with Gasteiger partial charge in [-0.25, -0.2) is 0 Å². The minimum absolute atomic E-state index is 0.0453. The summed E-state index contributed by atoms with van der Waals surface area (Å²) in [5.74, 6) is -0.748. The standard InChI is InChI=1S/C15H19NO4/c1-12(17)8-9-14(18)16(11-15(19)20-2)10-13-6-4-3-5-7-13/h3-7H,8-11H2,1-2H3. The zero-order valence-corrected chi connectivity index (χ0v) is 11.8. The molecule has 5 heteroatoms. The van der Waals surface area contributed by atoms with E-state index >= 15 is 0 Å². The van der Waals surface area contributed by atoms with E-state index in [0.717, 1.165) is 5.56 Å². The van der Waals surface area contributed by atoms with Crippen LogP contribution in [0.3, 0.4) is 0 Å². The number of carbonyl (C=O) groups is 3. The molecule has 0 atom stereocenters. The summed E-state index contributed by atoms with van der Waals surface area (Å²) in [7, 11) is 1.28. The predicted molar refractivity (Wildman–Crippen MR) is 73.8 cm³/mol. The second-order valence-corrected chi connectivity index (χ2v) is 4.51. The van der Waals surface area contributed by atoms with Gasteiger partial charge in [-0.3, -0.25) is 9.59 Å².